The Kier molecular flexibility index (Phi) is 5.82. The largest absolute Gasteiger partial charge is 0.481 e. The van der Waals surface area contributed by atoms with E-state index in [4.69, 9.17) is 10.8 Å². The van der Waals surface area contributed by atoms with E-state index >= 15 is 0 Å². The van der Waals surface area contributed by atoms with Gasteiger partial charge in [0.2, 0.25) is 5.91 Å². The molecule has 4 N–H and O–H groups in total. The van der Waals surface area contributed by atoms with Gasteiger partial charge in [-0.1, -0.05) is 0 Å². The fourth-order valence-electron chi connectivity index (χ4n) is 0.696. The Bertz CT molecular complexity index is 183. The van der Waals surface area contributed by atoms with E-state index in [0.29, 0.717) is 6.42 Å². The van der Waals surface area contributed by atoms with Crippen molar-refractivity contribution < 1.29 is 19.8 Å². The summed E-state index contributed by atoms with van der Waals surface area (Å²) in [5.41, 5.74) is 5.23. The van der Waals surface area contributed by atoms with Crippen molar-refractivity contribution in [2.24, 2.45) is 5.73 Å². The minimum atomic E-state index is -1.12. The topological polar surface area (TPSA) is 112 Å². The quantitative estimate of drug-likeness (QED) is 0.452. The maximum absolute atomic E-state index is 11.0. The molecule has 0 aromatic carbocycles. The van der Waals surface area contributed by atoms with Crippen molar-refractivity contribution >= 4 is 11.9 Å². The van der Waals surface area contributed by atoms with Gasteiger partial charge in [-0.15, -0.1) is 0 Å². The van der Waals surface area contributed by atoms with Gasteiger partial charge in [-0.3, -0.25) is 9.59 Å². The standard InChI is InChI=1S/C7H13N2O4/c8-5(4-6(11)12)7(13)9-2-1-3-10/h5H,1-4,8H2,(H,9,13)(H,11,12). The van der Waals surface area contributed by atoms with Gasteiger partial charge < -0.3 is 16.2 Å². The highest BCUT2D eigenvalue weighted by Gasteiger charge is 2.15. The minimum Gasteiger partial charge on any atom is -0.481 e. The molecule has 13 heavy (non-hydrogen) atoms. The Morgan fingerprint density at radius 2 is 2.08 bits per heavy atom. The van der Waals surface area contributed by atoms with Crippen LogP contribution in [0, 0.1) is 0 Å². The first-order valence-electron chi connectivity index (χ1n) is 3.91. The number of hydrogen-bond donors (Lipinski definition) is 3. The monoisotopic (exact) mass is 189 g/mol. The molecule has 0 aromatic rings. The third kappa shape index (κ3) is 6.06. The van der Waals surface area contributed by atoms with Crippen LogP contribution in [0.2, 0.25) is 0 Å². The van der Waals surface area contributed by atoms with E-state index < -0.39 is 24.3 Å². The predicted molar refractivity (Wildman–Crippen MR) is 43.4 cm³/mol. The van der Waals surface area contributed by atoms with Crippen LogP contribution in [0.5, 0.6) is 0 Å². The van der Waals surface area contributed by atoms with Gasteiger partial charge in [0, 0.05) is 6.54 Å². The molecule has 1 amide bonds. The molecule has 1 radical (unpaired) electrons. The third-order valence-corrected chi connectivity index (χ3v) is 1.35. The van der Waals surface area contributed by atoms with Crippen molar-refractivity contribution in [3.8, 4) is 0 Å². The molecule has 0 rings (SSSR count). The number of carboxylic acids is 1. The molecule has 0 aliphatic carbocycles. The first-order chi connectivity index (χ1) is 6.07. The Morgan fingerprint density at radius 1 is 1.46 bits per heavy atom. The maximum atomic E-state index is 11.0. The summed E-state index contributed by atoms with van der Waals surface area (Å²) in [4.78, 5) is 21.1. The summed E-state index contributed by atoms with van der Waals surface area (Å²) in [5.74, 6) is -1.65. The van der Waals surface area contributed by atoms with E-state index in [9.17, 15) is 14.7 Å². The van der Waals surface area contributed by atoms with Gasteiger partial charge in [0.15, 0.2) is 0 Å². The second-order valence-corrected chi connectivity index (χ2v) is 2.55. The lowest BCUT2D eigenvalue weighted by Crippen LogP contribution is -2.42. The average Bonchev–Trinajstić information content (AvgIpc) is 2.03. The van der Waals surface area contributed by atoms with Gasteiger partial charge in [-0.25, -0.2) is 5.11 Å². The van der Waals surface area contributed by atoms with Crippen LogP contribution in [0.15, 0.2) is 0 Å². The zero-order chi connectivity index (χ0) is 10.3. The molecular formula is C7H13N2O4. The molecule has 6 nitrogen and oxygen atoms in total. The van der Waals surface area contributed by atoms with Crippen LogP contribution in [0.25, 0.3) is 0 Å². The number of carbonyl (C=O) groups is 2. The van der Waals surface area contributed by atoms with Crippen LogP contribution in [0.4, 0.5) is 0 Å². The van der Waals surface area contributed by atoms with Gasteiger partial charge in [0.05, 0.1) is 19.1 Å². The number of nitrogens with two attached hydrogens (primary N) is 1. The number of hydrogen-bond acceptors (Lipinski definition) is 3. The summed E-state index contributed by atoms with van der Waals surface area (Å²) in [6.07, 6.45) is -0.0747. The molecule has 0 bridgehead atoms. The third-order valence-electron chi connectivity index (χ3n) is 1.35. The number of amides is 1. The van der Waals surface area contributed by atoms with Crippen molar-refractivity contribution in [1.82, 2.24) is 5.32 Å². The molecule has 0 fully saturated rings. The highest BCUT2D eigenvalue weighted by Crippen LogP contribution is 1.88. The fourth-order valence-corrected chi connectivity index (χ4v) is 0.696. The van der Waals surface area contributed by atoms with Crippen LogP contribution < -0.4 is 11.1 Å². The lowest BCUT2D eigenvalue weighted by atomic mass is 10.2. The molecule has 0 saturated heterocycles. The number of carboxylic acid groups (broad SMARTS) is 1. The number of carbonyl (C=O) groups excluding carboxylic acids is 1. The van der Waals surface area contributed by atoms with Gasteiger partial charge in [-0.2, -0.15) is 0 Å². The van der Waals surface area contributed by atoms with Gasteiger partial charge in [-0.05, 0) is 6.42 Å². The molecule has 0 aromatic heterocycles. The first kappa shape index (κ1) is 11.9. The van der Waals surface area contributed by atoms with Crippen LogP contribution in [-0.4, -0.2) is 36.2 Å². The van der Waals surface area contributed by atoms with Crippen LogP contribution in [-0.2, 0) is 14.7 Å². The minimum absolute atomic E-state index is 0.246. The van der Waals surface area contributed by atoms with Gasteiger partial charge >= 0.3 is 5.97 Å². The number of rotatable bonds is 6. The highest BCUT2D eigenvalue weighted by molar-refractivity contribution is 5.85. The summed E-state index contributed by atoms with van der Waals surface area (Å²) in [7, 11) is 0. The van der Waals surface area contributed by atoms with Crippen molar-refractivity contribution in [1.29, 1.82) is 0 Å². The van der Waals surface area contributed by atoms with Crippen molar-refractivity contribution in [2.75, 3.05) is 13.2 Å². The molecule has 75 valence electrons. The van der Waals surface area contributed by atoms with Crippen molar-refractivity contribution in [3.05, 3.63) is 0 Å². The van der Waals surface area contributed by atoms with E-state index in [1.54, 1.807) is 0 Å². The van der Waals surface area contributed by atoms with Gasteiger partial charge in [0.1, 0.15) is 0 Å². The highest BCUT2D eigenvalue weighted by atomic mass is 16.4. The summed E-state index contributed by atoms with van der Waals surface area (Å²) >= 11 is 0. The summed E-state index contributed by atoms with van der Waals surface area (Å²) in [6, 6.07) is -1.04. The summed E-state index contributed by atoms with van der Waals surface area (Å²) in [5, 5.41) is 20.6. The van der Waals surface area contributed by atoms with E-state index in [1.807, 2.05) is 0 Å². The molecule has 0 aliphatic rings. The van der Waals surface area contributed by atoms with E-state index in [2.05, 4.69) is 5.32 Å². The van der Waals surface area contributed by atoms with Crippen molar-refractivity contribution in [2.45, 2.75) is 18.9 Å². The molecule has 0 saturated carbocycles. The Hall–Kier alpha value is -1.14. The summed E-state index contributed by atoms with van der Waals surface area (Å²) < 4.78 is 0. The zero-order valence-corrected chi connectivity index (χ0v) is 7.16. The van der Waals surface area contributed by atoms with Crippen LogP contribution in [0.3, 0.4) is 0 Å². The molecule has 0 aliphatic heterocycles. The Balaban J connectivity index is 3.63. The Labute approximate surface area is 75.7 Å². The number of aliphatic carboxylic acids is 1. The average molecular weight is 189 g/mol. The maximum Gasteiger partial charge on any atom is 0.305 e. The zero-order valence-electron chi connectivity index (χ0n) is 7.16. The predicted octanol–water partition coefficient (Wildman–Crippen LogP) is -1.27. The van der Waals surface area contributed by atoms with Crippen LogP contribution >= 0.6 is 0 Å². The van der Waals surface area contributed by atoms with Gasteiger partial charge in [0.25, 0.3) is 0 Å². The van der Waals surface area contributed by atoms with E-state index in [0.717, 1.165) is 0 Å². The van der Waals surface area contributed by atoms with E-state index in [1.165, 1.54) is 0 Å². The molecule has 1 unspecified atom stereocenters. The molecule has 0 heterocycles. The SMILES string of the molecule is NC(CC(=O)O)C(=O)NCCC[O]. The van der Waals surface area contributed by atoms with Crippen molar-refractivity contribution in [3.63, 3.8) is 0 Å². The summed E-state index contributed by atoms with van der Waals surface area (Å²) in [6.45, 7) is -0.0237. The Morgan fingerprint density at radius 3 is 2.54 bits per heavy atom. The van der Waals surface area contributed by atoms with Crippen LogP contribution in [0.1, 0.15) is 12.8 Å². The normalized spacial score (nSPS) is 12.2. The molecular weight excluding hydrogens is 176 g/mol. The molecule has 1 atom stereocenters. The fraction of sp³-hybridized carbons (Fsp3) is 0.714. The molecule has 6 heteroatoms. The molecule has 0 spiro atoms. The second kappa shape index (κ2) is 6.38. The number of nitrogens with one attached hydrogen (secondary N) is 1. The first-order valence-corrected chi connectivity index (χ1v) is 3.91. The van der Waals surface area contributed by atoms with E-state index in [-0.39, 0.29) is 13.2 Å². The lowest BCUT2D eigenvalue weighted by Gasteiger charge is -2.08. The second-order valence-electron chi connectivity index (χ2n) is 2.55. The smallest absolute Gasteiger partial charge is 0.305 e. The lowest BCUT2D eigenvalue weighted by molar-refractivity contribution is -0.139.